The molecule has 0 spiro atoms. The van der Waals surface area contributed by atoms with E-state index in [0.717, 1.165) is 100 Å². The third kappa shape index (κ3) is 5.74. The first-order valence-corrected chi connectivity index (χ1v) is 12.8. The fourth-order valence-corrected chi connectivity index (χ4v) is 4.85. The number of piperazine rings is 1. The number of fused-ring (bicyclic) bond motifs is 1. The molecule has 9 heteroatoms. The third-order valence-electron chi connectivity index (χ3n) is 7.02. The normalized spacial score (nSPS) is 16.9. The van der Waals surface area contributed by atoms with Gasteiger partial charge in [0.2, 0.25) is 0 Å². The molecule has 36 heavy (non-hydrogen) atoms. The lowest BCUT2D eigenvalue weighted by atomic mass is 10.1. The Bertz CT molecular complexity index is 1130. The van der Waals surface area contributed by atoms with Crippen molar-refractivity contribution in [3.63, 3.8) is 0 Å². The lowest BCUT2D eigenvalue weighted by Gasteiger charge is -2.34. The summed E-state index contributed by atoms with van der Waals surface area (Å²) < 4.78 is 16.3. The monoisotopic (exact) mass is 493 g/mol. The van der Waals surface area contributed by atoms with Gasteiger partial charge in [-0.15, -0.1) is 0 Å². The number of nitrogens with one attached hydrogen (secondary N) is 1. The number of carbonyl (C=O) groups is 1. The number of nitrogens with zero attached hydrogens (tertiary/aromatic N) is 4. The van der Waals surface area contributed by atoms with Crippen molar-refractivity contribution < 1.29 is 18.8 Å². The van der Waals surface area contributed by atoms with Crippen molar-refractivity contribution >= 4 is 28.4 Å². The molecular weight excluding hydrogens is 458 g/mol. The number of aromatic nitrogens is 1. The van der Waals surface area contributed by atoms with Crippen LogP contribution in [0.5, 0.6) is 5.75 Å². The second kappa shape index (κ2) is 11.6. The number of rotatable bonds is 9. The Morgan fingerprint density at radius 3 is 2.50 bits per heavy atom. The van der Waals surface area contributed by atoms with Crippen molar-refractivity contribution in [2.24, 2.45) is 0 Å². The third-order valence-corrected chi connectivity index (χ3v) is 7.02. The molecule has 2 aliphatic heterocycles. The molecule has 1 aromatic heterocycles. The molecule has 5 rings (SSSR count). The van der Waals surface area contributed by atoms with Gasteiger partial charge >= 0.3 is 0 Å². The maximum atomic E-state index is 12.5. The number of amides is 1. The summed E-state index contributed by atoms with van der Waals surface area (Å²) in [6.07, 6.45) is 2.02. The summed E-state index contributed by atoms with van der Waals surface area (Å²) in [5.41, 5.74) is 2.64. The molecule has 2 saturated heterocycles. The van der Waals surface area contributed by atoms with Crippen molar-refractivity contribution in [3.05, 3.63) is 48.0 Å². The Labute approximate surface area is 211 Å². The fourth-order valence-electron chi connectivity index (χ4n) is 4.85. The molecule has 2 aliphatic rings. The van der Waals surface area contributed by atoms with E-state index in [1.807, 2.05) is 42.5 Å². The highest BCUT2D eigenvalue weighted by Gasteiger charge is 2.22. The molecule has 192 valence electrons. The lowest BCUT2D eigenvalue weighted by molar-refractivity contribution is 0.0952. The first-order chi connectivity index (χ1) is 17.7. The topological polar surface area (TPSA) is 83.3 Å². The molecule has 0 bridgehead atoms. The van der Waals surface area contributed by atoms with Crippen LogP contribution in [0.4, 0.5) is 11.5 Å². The molecule has 0 saturated carbocycles. The number of anilines is 2. The predicted molar refractivity (Wildman–Crippen MR) is 140 cm³/mol. The van der Waals surface area contributed by atoms with Crippen molar-refractivity contribution in [2.45, 2.75) is 12.8 Å². The molecule has 0 unspecified atom stereocenters. The highest BCUT2D eigenvalue weighted by atomic mass is 16.5. The maximum Gasteiger partial charge on any atom is 0.251 e. The van der Waals surface area contributed by atoms with Gasteiger partial charge in [0.1, 0.15) is 5.75 Å². The highest BCUT2D eigenvalue weighted by Crippen LogP contribution is 2.30. The molecule has 2 fully saturated rings. The molecule has 3 heterocycles. The number of ether oxygens (including phenoxy) is 2. The van der Waals surface area contributed by atoms with Crippen molar-refractivity contribution in [2.75, 3.05) is 82.5 Å². The van der Waals surface area contributed by atoms with E-state index in [1.54, 1.807) is 7.11 Å². The maximum absolute atomic E-state index is 12.5. The zero-order valence-electron chi connectivity index (χ0n) is 20.9. The minimum Gasteiger partial charge on any atom is -0.497 e. The van der Waals surface area contributed by atoms with Gasteiger partial charge in [0.05, 0.1) is 25.7 Å². The van der Waals surface area contributed by atoms with Crippen LogP contribution in [0.2, 0.25) is 0 Å². The van der Waals surface area contributed by atoms with Gasteiger partial charge in [0.15, 0.2) is 11.4 Å². The number of unbranched alkanes of at least 4 members (excludes halogenated alkanes) is 1. The summed E-state index contributed by atoms with van der Waals surface area (Å²) in [5, 5.41) is 8.36. The molecule has 2 aromatic carbocycles. The second-order valence-corrected chi connectivity index (χ2v) is 9.31. The minimum absolute atomic E-state index is 0.00592. The van der Waals surface area contributed by atoms with Gasteiger partial charge in [0.25, 0.3) is 5.91 Å². The average molecular weight is 494 g/mol. The van der Waals surface area contributed by atoms with Crippen LogP contribution >= 0.6 is 0 Å². The lowest BCUT2D eigenvalue weighted by Crippen LogP contribution is -2.46. The van der Waals surface area contributed by atoms with Crippen molar-refractivity contribution in [1.29, 1.82) is 0 Å². The van der Waals surface area contributed by atoms with E-state index in [2.05, 4.69) is 25.2 Å². The Morgan fingerprint density at radius 1 is 0.972 bits per heavy atom. The molecule has 1 N–H and O–H groups in total. The Morgan fingerprint density at radius 2 is 1.75 bits per heavy atom. The van der Waals surface area contributed by atoms with Crippen molar-refractivity contribution in [3.8, 4) is 5.75 Å². The largest absolute Gasteiger partial charge is 0.497 e. The standard InChI is InChI=1S/C27H35N5O4/c1-34-23-8-9-25-24(20-23)26(29-36-25)32-14-12-30(13-15-32)11-3-2-10-28-27(33)21-4-6-22(7-5-21)31-16-18-35-19-17-31/h4-9,20H,2-3,10-19H2,1H3,(H,28,33). The van der Waals surface area contributed by atoms with Crippen LogP contribution in [0.15, 0.2) is 47.0 Å². The Hall–Kier alpha value is -3.30. The average Bonchev–Trinajstić information content (AvgIpc) is 3.37. The van der Waals surface area contributed by atoms with Crippen LogP contribution in [0.25, 0.3) is 11.0 Å². The molecule has 0 radical (unpaired) electrons. The zero-order valence-corrected chi connectivity index (χ0v) is 20.9. The van der Waals surface area contributed by atoms with Gasteiger partial charge in [-0.05, 0) is 61.9 Å². The van der Waals surface area contributed by atoms with Gasteiger partial charge in [0, 0.05) is 57.1 Å². The Kier molecular flexibility index (Phi) is 7.88. The Balaban J connectivity index is 1.00. The van der Waals surface area contributed by atoms with Gasteiger partial charge < -0.3 is 29.1 Å². The van der Waals surface area contributed by atoms with Gasteiger partial charge in [-0.3, -0.25) is 9.69 Å². The van der Waals surface area contributed by atoms with E-state index in [9.17, 15) is 4.79 Å². The van der Waals surface area contributed by atoms with E-state index in [4.69, 9.17) is 14.0 Å². The number of morpholine rings is 1. The molecule has 1 amide bonds. The molecule has 3 aromatic rings. The van der Waals surface area contributed by atoms with E-state index in [1.165, 1.54) is 0 Å². The molecular formula is C27H35N5O4. The van der Waals surface area contributed by atoms with E-state index in [0.29, 0.717) is 12.1 Å². The quantitative estimate of drug-likeness (QED) is 0.456. The van der Waals surface area contributed by atoms with E-state index >= 15 is 0 Å². The smallest absolute Gasteiger partial charge is 0.251 e. The number of hydrogen-bond donors (Lipinski definition) is 1. The van der Waals surface area contributed by atoms with Crippen LogP contribution < -0.4 is 19.9 Å². The van der Waals surface area contributed by atoms with Crippen LogP contribution in [0.1, 0.15) is 23.2 Å². The highest BCUT2D eigenvalue weighted by molar-refractivity contribution is 5.94. The van der Waals surface area contributed by atoms with Crippen LogP contribution in [0.3, 0.4) is 0 Å². The van der Waals surface area contributed by atoms with Gasteiger partial charge in [-0.1, -0.05) is 5.16 Å². The van der Waals surface area contributed by atoms with Crippen LogP contribution in [-0.2, 0) is 4.74 Å². The van der Waals surface area contributed by atoms with E-state index in [-0.39, 0.29) is 5.91 Å². The zero-order chi connectivity index (χ0) is 24.7. The number of hydrogen-bond acceptors (Lipinski definition) is 8. The SMILES string of the molecule is COc1ccc2onc(N3CCN(CCCCNC(=O)c4ccc(N5CCOCC5)cc4)CC3)c2c1. The molecule has 0 aliphatic carbocycles. The molecule has 9 nitrogen and oxygen atoms in total. The first-order valence-electron chi connectivity index (χ1n) is 12.8. The van der Waals surface area contributed by atoms with Gasteiger partial charge in [-0.2, -0.15) is 0 Å². The fraction of sp³-hybridized carbons (Fsp3) is 0.481. The summed E-state index contributed by atoms with van der Waals surface area (Å²) in [5.74, 6) is 1.69. The number of methoxy groups -OCH3 is 1. The summed E-state index contributed by atoms with van der Waals surface area (Å²) in [6.45, 7) is 8.83. The first kappa shape index (κ1) is 24.4. The predicted octanol–water partition coefficient (Wildman–Crippen LogP) is 3.01. The number of carbonyl (C=O) groups excluding carboxylic acids is 1. The molecule has 0 atom stereocenters. The minimum atomic E-state index is -0.00592. The number of benzene rings is 2. The van der Waals surface area contributed by atoms with Crippen molar-refractivity contribution in [1.82, 2.24) is 15.4 Å². The summed E-state index contributed by atoms with van der Waals surface area (Å²) in [6, 6.07) is 13.7. The van der Waals surface area contributed by atoms with E-state index < -0.39 is 0 Å². The van der Waals surface area contributed by atoms with Gasteiger partial charge in [-0.25, -0.2) is 0 Å². The van der Waals surface area contributed by atoms with Crippen LogP contribution in [-0.4, -0.2) is 88.6 Å². The van der Waals surface area contributed by atoms with Crippen LogP contribution in [0, 0.1) is 0 Å². The second-order valence-electron chi connectivity index (χ2n) is 9.31. The summed E-state index contributed by atoms with van der Waals surface area (Å²) >= 11 is 0. The summed E-state index contributed by atoms with van der Waals surface area (Å²) in [4.78, 5) is 19.5. The summed E-state index contributed by atoms with van der Waals surface area (Å²) in [7, 11) is 1.67.